The fourth-order valence-corrected chi connectivity index (χ4v) is 5.25. The van der Waals surface area contributed by atoms with Gasteiger partial charge >= 0.3 is 0 Å². The molecule has 0 radical (unpaired) electrons. The number of aryl methyl sites for hydroxylation is 1. The van der Waals surface area contributed by atoms with Crippen LogP contribution in [0.15, 0.2) is 36.5 Å². The molecule has 7 heteroatoms. The lowest BCUT2D eigenvalue weighted by Gasteiger charge is -2.30. The van der Waals surface area contributed by atoms with Crippen LogP contribution in [0.1, 0.15) is 106 Å². The number of fused-ring (bicyclic) bond motifs is 1. The van der Waals surface area contributed by atoms with Crippen molar-refractivity contribution in [3.63, 3.8) is 0 Å². The maximum Gasteiger partial charge on any atom is 0.224 e. The molecule has 240 valence electrons. The number of aromatic nitrogens is 2. The number of rotatable bonds is 10. The number of amides is 1. The van der Waals surface area contributed by atoms with E-state index in [-0.39, 0.29) is 18.1 Å². The van der Waals surface area contributed by atoms with Gasteiger partial charge in [-0.2, -0.15) is 9.37 Å². The topological polar surface area (TPSA) is 64.5 Å². The summed E-state index contributed by atoms with van der Waals surface area (Å²) in [5, 5.41) is 0.818. The summed E-state index contributed by atoms with van der Waals surface area (Å²) < 4.78 is 26.4. The molecule has 0 aliphatic heterocycles. The van der Waals surface area contributed by atoms with Gasteiger partial charge in [0.15, 0.2) is 0 Å². The zero-order chi connectivity index (χ0) is 32.5. The van der Waals surface area contributed by atoms with Crippen molar-refractivity contribution < 1.29 is 18.7 Å². The molecule has 3 aromatic rings. The molecule has 1 amide bonds. The molecule has 3 unspecified atom stereocenters. The third-order valence-electron chi connectivity index (χ3n) is 7.58. The molecule has 4 rings (SSSR count). The fraction of sp³-hybridized carbons (Fsp3) is 0.583. The number of carbonyl (C=O) groups excluding carboxylic acids is 1. The Morgan fingerprint density at radius 1 is 1.09 bits per heavy atom. The summed E-state index contributed by atoms with van der Waals surface area (Å²) in [5.41, 5.74) is 3.55. The van der Waals surface area contributed by atoms with Crippen LogP contribution in [0.2, 0.25) is 0 Å². The van der Waals surface area contributed by atoms with Gasteiger partial charge in [-0.3, -0.25) is 9.78 Å². The number of hydrogen-bond donors (Lipinski definition) is 0. The second-order valence-corrected chi connectivity index (χ2v) is 10.2. The van der Waals surface area contributed by atoms with Gasteiger partial charge in [-0.1, -0.05) is 67.9 Å². The number of methoxy groups -OCH3 is 1. The predicted octanol–water partition coefficient (Wildman–Crippen LogP) is 9.95. The lowest BCUT2D eigenvalue weighted by molar-refractivity contribution is -0.117. The molecule has 43 heavy (non-hydrogen) atoms. The molecule has 1 saturated carbocycles. The maximum atomic E-state index is 15.1. The molecule has 1 aromatic carbocycles. The smallest absolute Gasteiger partial charge is 0.224 e. The highest BCUT2D eigenvalue weighted by Crippen LogP contribution is 2.38. The summed E-state index contributed by atoms with van der Waals surface area (Å²) in [6.07, 6.45) is 7.66. The first-order chi connectivity index (χ1) is 20.8. The fourth-order valence-electron chi connectivity index (χ4n) is 5.25. The average molecular weight is 598 g/mol. The minimum absolute atomic E-state index is 0.0227. The summed E-state index contributed by atoms with van der Waals surface area (Å²) in [6.45, 7) is 20.5. The van der Waals surface area contributed by atoms with Gasteiger partial charge in [-0.05, 0) is 74.3 Å². The van der Waals surface area contributed by atoms with E-state index < -0.39 is 5.95 Å². The van der Waals surface area contributed by atoms with E-state index in [1.807, 2.05) is 71.6 Å². The number of ether oxygens (including phenoxy) is 2. The second kappa shape index (κ2) is 20.0. The number of benzene rings is 1. The van der Waals surface area contributed by atoms with E-state index in [0.29, 0.717) is 29.5 Å². The summed E-state index contributed by atoms with van der Waals surface area (Å²) >= 11 is 0. The van der Waals surface area contributed by atoms with E-state index in [1.54, 1.807) is 32.4 Å². The van der Waals surface area contributed by atoms with Crippen molar-refractivity contribution in [1.29, 1.82) is 0 Å². The number of hydrogen-bond acceptors (Lipinski definition) is 5. The van der Waals surface area contributed by atoms with Gasteiger partial charge in [0.1, 0.15) is 0 Å². The van der Waals surface area contributed by atoms with E-state index in [4.69, 9.17) is 9.47 Å². The highest BCUT2D eigenvalue weighted by molar-refractivity contribution is 6.04. The SMILES string of the molecule is CC.CC.CC.CCC(C)CCCOc1ccc(-c2ccc3ncc(C)c(N(C(C)=O)C4CCC(OC)C4)c3c2)c(F)n1. The molecule has 1 aliphatic carbocycles. The van der Waals surface area contributed by atoms with Crippen molar-refractivity contribution in [3.05, 3.63) is 48.0 Å². The van der Waals surface area contributed by atoms with Crippen LogP contribution in [0, 0.1) is 18.8 Å². The van der Waals surface area contributed by atoms with Gasteiger partial charge in [0, 0.05) is 43.3 Å². The first-order valence-electron chi connectivity index (χ1n) is 16.3. The quantitative estimate of drug-likeness (QED) is 0.172. The Morgan fingerprint density at radius 3 is 2.37 bits per heavy atom. The normalized spacial score (nSPS) is 16.1. The van der Waals surface area contributed by atoms with Crippen molar-refractivity contribution in [3.8, 4) is 17.0 Å². The molecule has 2 aromatic heterocycles. The van der Waals surface area contributed by atoms with Crippen molar-refractivity contribution in [2.75, 3.05) is 18.6 Å². The first kappa shape index (κ1) is 38.0. The van der Waals surface area contributed by atoms with Crippen molar-refractivity contribution in [1.82, 2.24) is 9.97 Å². The molecule has 0 bridgehead atoms. The molecule has 0 N–H and O–H groups in total. The van der Waals surface area contributed by atoms with Gasteiger partial charge < -0.3 is 14.4 Å². The van der Waals surface area contributed by atoms with Gasteiger partial charge in [0.25, 0.3) is 0 Å². The zero-order valence-electron chi connectivity index (χ0n) is 28.6. The van der Waals surface area contributed by atoms with Crippen molar-refractivity contribution >= 4 is 22.5 Å². The van der Waals surface area contributed by atoms with E-state index in [0.717, 1.165) is 60.7 Å². The Labute approximate surface area is 260 Å². The second-order valence-electron chi connectivity index (χ2n) is 10.2. The number of pyridine rings is 2. The van der Waals surface area contributed by atoms with Gasteiger partial charge in [-0.25, -0.2) is 0 Å². The Balaban J connectivity index is 0.00000145. The number of halogens is 1. The van der Waals surface area contributed by atoms with E-state index >= 15 is 4.39 Å². The number of carbonyl (C=O) groups is 1. The van der Waals surface area contributed by atoms with Crippen LogP contribution in [0.3, 0.4) is 0 Å². The average Bonchev–Trinajstić information content (AvgIpc) is 3.52. The Bertz CT molecular complexity index is 1250. The third-order valence-corrected chi connectivity index (χ3v) is 7.58. The highest BCUT2D eigenvalue weighted by atomic mass is 19.1. The lowest BCUT2D eigenvalue weighted by Crippen LogP contribution is -2.38. The van der Waals surface area contributed by atoms with Crippen LogP contribution in [0.5, 0.6) is 5.88 Å². The van der Waals surface area contributed by atoms with Crippen LogP contribution in [0.4, 0.5) is 10.1 Å². The molecule has 1 fully saturated rings. The van der Waals surface area contributed by atoms with E-state index in [2.05, 4.69) is 23.8 Å². The minimum Gasteiger partial charge on any atom is -0.478 e. The minimum atomic E-state index is -0.580. The molecule has 6 nitrogen and oxygen atoms in total. The third kappa shape index (κ3) is 10.3. The summed E-state index contributed by atoms with van der Waals surface area (Å²) in [4.78, 5) is 23.4. The Kier molecular flexibility index (Phi) is 17.7. The van der Waals surface area contributed by atoms with Gasteiger partial charge in [0.2, 0.25) is 17.7 Å². The monoisotopic (exact) mass is 597 g/mol. The standard InChI is InChI=1S/C30H38FN3O3.3C2H6/c1-6-19(2)8-7-15-37-28-14-12-25(30(31)33-28)22-9-13-27-26(16-22)29(20(3)18-32-27)34(21(4)35)23-10-11-24(17-23)36-5;3*1-2/h9,12-14,16,18-19,23-24H,6-8,10-11,15,17H2,1-5H3;3*1-2H3. The Morgan fingerprint density at radius 2 is 1.79 bits per heavy atom. The largest absolute Gasteiger partial charge is 0.478 e. The molecule has 3 atom stereocenters. The van der Waals surface area contributed by atoms with Crippen LogP contribution < -0.4 is 9.64 Å². The number of nitrogens with zero attached hydrogens (tertiary/aromatic N) is 3. The molecular formula is C36H56FN3O3. The van der Waals surface area contributed by atoms with E-state index in [1.165, 1.54) is 0 Å². The van der Waals surface area contributed by atoms with Gasteiger partial charge in [0.05, 0.1) is 23.9 Å². The molecule has 0 saturated heterocycles. The summed E-state index contributed by atoms with van der Waals surface area (Å²) in [6, 6.07) is 9.10. The maximum absolute atomic E-state index is 15.1. The van der Waals surface area contributed by atoms with Crippen molar-refractivity contribution in [2.24, 2.45) is 5.92 Å². The first-order valence-corrected chi connectivity index (χ1v) is 16.3. The van der Waals surface area contributed by atoms with Crippen molar-refractivity contribution in [2.45, 2.75) is 120 Å². The summed E-state index contributed by atoms with van der Waals surface area (Å²) in [5.74, 6) is 0.343. The van der Waals surface area contributed by atoms with E-state index in [9.17, 15) is 4.79 Å². The predicted molar refractivity (Wildman–Crippen MR) is 179 cm³/mol. The zero-order valence-corrected chi connectivity index (χ0v) is 28.6. The lowest BCUT2D eigenvalue weighted by atomic mass is 10.0. The summed E-state index contributed by atoms with van der Waals surface area (Å²) in [7, 11) is 1.72. The molecule has 1 aliphatic rings. The number of anilines is 1. The molecule has 2 heterocycles. The molecule has 0 spiro atoms. The van der Waals surface area contributed by atoms with Crippen LogP contribution in [0.25, 0.3) is 22.0 Å². The molecular weight excluding hydrogens is 541 g/mol. The van der Waals surface area contributed by atoms with Crippen LogP contribution in [-0.4, -0.2) is 41.7 Å². The highest BCUT2D eigenvalue weighted by Gasteiger charge is 2.33. The van der Waals surface area contributed by atoms with Crippen LogP contribution in [-0.2, 0) is 9.53 Å². The Hall–Kier alpha value is -3.06. The van der Waals surface area contributed by atoms with Crippen LogP contribution >= 0.6 is 0 Å². The van der Waals surface area contributed by atoms with Gasteiger partial charge in [-0.15, -0.1) is 0 Å².